The molecule has 0 radical (unpaired) electrons. The second-order valence-electron chi connectivity index (χ2n) is 6.22. The first-order valence-electron chi connectivity index (χ1n) is 8.18. The van der Waals surface area contributed by atoms with Crippen LogP contribution in [0.15, 0.2) is 60.0 Å². The van der Waals surface area contributed by atoms with Crippen LogP contribution in [0.1, 0.15) is 23.5 Å². The average Bonchev–Trinajstić information content (AvgIpc) is 3.13. The van der Waals surface area contributed by atoms with Crippen LogP contribution in [0.2, 0.25) is 0 Å². The van der Waals surface area contributed by atoms with Gasteiger partial charge in [-0.05, 0) is 40.3 Å². The van der Waals surface area contributed by atoms with Crippen LogP contribution in [0.3, 0.4) is 0 Å². The van der Waals surface area contributed by atoms with Crippen LogP contribution in [-0.4, -0.2) is 17.9 Å². The molecular weight excluding hydrogens is 332 g/mol. The molecule has 3 aromatic rings. The smallest absolute Gasteiger partial charge is 0.262 e. The zero-order valence-corrected chi connectivity index (χ0v) is 15.0. The van der Waals surface area contributed by atoms with Crippen LogP contribution in [0, 0.1) is 5.92 Å². The van der Waals surface area contributed by atoms with Crippen molar-refractivity contribution in [3.8, 4) is 0 Å². The van der Waals surface area contributed by atoms with Crippen LogP contribution in [0.4, 0.5) is 5.69 Å². The molecule has 1 atom stereocenters. The fourth-order valence-corrected chi connectivity index (χ4v) is 3.27. The van der Waals surface area contributed by atoms with E-state index < -0.39 is 6.04 Å². The van der Waals surface area contributed by atoms with Crippen LogP contribution >= 0.6 is 11.3 Å². The zero-order chi connectivity index (χ0) is 17.8. The summed E-state index contributed by atoms with van der Waals surface area (Å²) < 4.78 is 0. The highest BCUT2D eigenvalue weighted by Crippen LogP contribution is 2.19. The molecule has 0 saturated heterocycles. The minimum atomic E-state index is -0.596. The van der Waals surface area contributed by atoms with Crippen molar-refractivity contribution in [2.45, 2.75) is 19.9 Å². The Hall–Kier alpha value is -2.66. The Morgan fingerprint density at radius 1 is 0.960 bits per heavy atom. The van der Waals surface area contributed by atoms with E-state index in [-0.39, 0.29) is 17.7 Å². The zero-order valence-electron chi connectivity index (χ0n) is 14.2. The maximum Gasteiger partial charge on any atom is 0.262 e. The lowest BCUT2D eigenvalue weighted by Crippen LogP contribution is -2.46. The molecule has 3 rings (SSSR count). The Morgan fingerprint density at radius 3 is 2.40 bits per heavy atom. The highest BCUT2D eigenvalue weighted by Gasteiger charge is 2.25. The number of carbonyl (C=O) groups excluding carboxylic acids is 2. The van der Waals surface area contributed by atoms with Gasteiger partial charge in [-0.1, -0.05) is 50.2 Å². The summed E-state index contributed by atoms with van der Waals surface area (Å²) in [5.74, 6) is -0.457. The molecule has 4 nitrogen and oxygen atoms in total. The number of rotatable bonds is 5. The second kappa shape index (κ2) is 7.49. The van der Waals surface area contributed by atoms with Gasteiger partial charge in [0, 0.05) is 5.69 Å². The lowest BCUT2D eigenvalue weighted by molar-refractivity contribution is -0.118. The van der Waals surface area contributed by atoms with E-state index in [0.717, 1.165) is 16.5 Å². The van der Waals surface area contributed by atoms with Crippen molar-refractivity contribution in [2.75, 3.05) is 5.32 Å². The predicted molar refractivity (Wildman–Crippen MR) is 103 cm³/mol. The minimum absolute atomic E-state index is 0.0237. The van der Waals surface area contributed by atoms with E-state index in [9.17, 15) is 9.59 Å². The van der Waals surface area contributed by atoms with E-state index in [1.807, 2.05) is 67.8 Å². The van der Waals surface area contributed by atoms with Crippen LogP contribution in [-0.2, 0) is 4.79 Å². The summed E-state index contributed by atoms with van der Waals surface area (Å²) >= 11 is 1.36. The lowest BCUT2D eigenvalue weighted by atomic mass is 10.0. The predicted octanol–water partition coefficient (Wildman–Crippen LogP) is 4.29. The van der Waals surface area contributed by atoms with Gasteiger partial charge in [0.25, 0.3) is 5.91 Å². The number of nitrogens with one attached hydrogen (secondary N) is 2. The Morgan fingerprint density at radius 2 is 1.72 bits per heavy atom. The molecule has 1 aromatic heterocycles. The summed E-state index contributed by atoms with van der Waals surface area (Å²) in [6, 6.07) is 16.7. The van der Waals surface area contributed by atoms with Gasteiger partial charge in [0.2, 0.25) is 5.91 Å². The molecule has 0 aliphatic heterocycles. The summed E-state index contributed by atoms with van der Waals surface area (Å²) in [5.41, 5.74) is 0.722. The normalized spacial score (nSPS) is 12.1. The molecule has 0 unspecified atom stereocenters. The van der Waals surface area contributed by atoms with E-state index in [2.05, 4.69) is 10.6 Å². The van der Waals surface area contributed by atoms with Crippen molar-refractivity contribution in [3.63, 3.8) is 0 Å². The monoisotopic (exact) mass is 352 g/mol. The quantitative estimate of drug-likeness (QED) is 0.719. The highest BCUT2D eigenvalue weighted by atomic mass is 32.1. The molecule has 0 aliphatic carbocycles. The number of thiophene rings is 1. The number of hydrogen-bond acceptors (Lipinski definition) is 3. The van der Waals surface area contributed by atoms with E-state index in [1.54, 1.807) is 6.07 Å². The molecular formula is C20H20N2O2S. The molecule has 2 amide bonds. The largest absolute Gasteiger partial charge is 0.339 e. The first-order valence-corrected chi connectivity index (χ1v) is 9.06. The summed E-state index contributed by atoms with van der Waals surface area (Å²) in [4.78, 5) is 25.5. The van der Waals surface area contributed by atoms with Gasteiger partial charge in [0.05, 0.1) is 4.88 Å². The Bertz CT molecular complexity index is 888. The van der Waals surface area contributed by atoms with Crippen LogP contribution in [0.25, 0.3) is 10.8 Å². The van der Waals surface area contributed by atoms with Gasteiger partial charge in [-0.2, -0.15) is 0 Å². The number of fused-ring (bicyclic) bond motifs is 1. The van der Waals surface area contributed by atoms with Gasteiger partial charge in [-0.3, -0.25) is 9.59 Å². The van der Waals surface area contributed by atoms with Gasteiger partial charge >= 0.3 is 0 Å². The van der Waals surface area contributed by atoms with Crippen molar-refractivity contribution < 1.29 is 9.59 Å². The second-order valence-corrected chi connectivity index (χ2v) is 7.17. The SMILES string of the molecule is CC(C)[C@@H](NC(=O)c1cccs1)C(=O)Nc1ccc2ccccc2c1. The molecule has 0 saturated carbocycles. The molecule has 0 aliphatic rings. The molecule has 1 heterocycles. The Balaban J connectivity index is 1.74. The van der Waals surface area contributed by atoms with Crippen LogP contribution < -0.4 is 10.6 Å². The van der Waals surface area contributed by atoms with Crippen LogP contribution in [0.5, 0.6) is 0 Å². The molecule has 0 bridgehead atoms. The first-order chi connectivity index (χ1) is 12.0. The van der Waals surface area contributed by atoms with E-state index in [0.29, 0.717) is 4.88 Å². The summed E-state index contributed by atoms with van der Waals surface area (Å²) in [5, 5.41) is 9.77. The third-order valence-electron chi connectivity index (χ3n) is 4.00. The fourth-order valence-electron chi connectivity index (χ4n) is 2.64. The van der Waals surface area contributed by atoms with Crippen molar-refractivity contribution in [1.82, 2.24) is 5.32 Å². The van der Waals surface area contributed by atoms with Gasteiger partial charge < -0.3 is 10.6 Å². The molecule has 128 valence electrons. The number of anilines is 1. The van der Waals surface area contributed by atoms with Crippen molar-refractivity contribution in [2.24, 2.45) is 5.92 Å². The van der Waals surface area contributed by atoms with Crippen molar-refractivity contribution in [1.29, 1.82) is 0 Å². The Labute approximate surface area is 150 Å². The standard InChI is InChI=1S/C20H20N2O2S/c1-13(2)18(22-19(23)17-8-5-11-25-17)20(24)21-16-10-9-14-6-3-4-7-15(14)12-16/h3-13,18H,1-2H3,(H,21,24)(H,22,23)/t18-/m1/s1. The minimum Gasteiger partial charge on any atom is -0.339 e. The maximum atomic E-state index is 12.7. The highest BCUT2D eigenvalue weighted by molar-refractivity contribution is 7.12. The van der Waals surface area contributed by atoms with Gasteiger partial charge in [-0.15, -0.1) is 11.3 Å². The first kappa shape index (κ1) is 17.2. The summed E-state index contributed by atoms with van der Waals surface area (Å²) in [6.07, 6.45) is 0. The number of hydrogen-bond donors (Lipinski definition) is 2. The number of amides is 2. The molecule has 2 N–H and O–H groups in total. The molecule has 2 aromatic carbocycles. The molecule has 0 fully saturated rings. The number of benzene rings is 2. The lowest BCUT2D eigenvalue weighted by Gasteiger charge is -2.21. The molecule has 0 spiro atoms. The molecule has 25 heavy (non-hydrogen) atoms. The Kier molecular flexibility index (Phi) is 5.14. The van der Waals surface area contributed by atoms with Crippen molar-refractivity contribution in [3.05, 3.63) is 64.9 Å². The van der Waals surface area contributed by atoms with Gasteiger partial charge in [0.15, 0.2) is 0 Å². The third kappa shape index (κ3) is 4.06. The molecule has 5 heteroatoms. The van der Waals surface area contributed by atoms with Gasteiger partial charge in [-0.25, -0.2) is 0 Å². The third-order valence-corrected chi connectivity index (χ3v) is 4.87. The average molecular weight is 352 g/mol. The fraction of sp³-hybridized carbons (Fsp3) is 0.200. The van der Waals surface area contributed by atoms with E-state index in [1.165, 1.54) is 11.3 Å². The van der Waals surface area contributed by atoms with E-state index in [4.69, 9.17) is 0 Å². The number of carbonyl (C=O) groups is 2. The van der Waals surface area contributed by atoms with E-state index >= 15 is 0 Å². The maximum absolute atomic E-state index is 12.7. The van der Waals surface area contributed by atoms with Gasteiger partial charge in [0.1, 0.15) is 6.04 Å². The van der Waals surface area contributed by atoms with Crippen molar-refractivity contribution >= 4 is 39.6 Å². The topological polar surface area (TPSA) is 58.2 Å². The summed E-state index contributed by atoms with van der Waals surface area (Å²) in [6.45, 7) is 3.83. The summed E-state index contributed by atoms with van der Waals surface area (Å²) in [7, 11) is 0.